The molecule has 4 aromatic rings. The minimum absolute atomic E-state index is 0.0448. The minimum Gasteiger partial charge on any atom is -0.378 e. The first-order valence-corrected chi connectivity index (χ1v) is 18.6. The number of hydrogen-bond acceptors (Lipinski definition) is 8. The maximum atomic E-state index is 14.9. The second-order valence-corrected chi connectivity index (χ2v) is 15.1. The number of carbonyl (C=O) groups excluding carboxylic acids is 2. The molecule has 2 aliphatic rings. The summed E-state index contributed by atoms with van der Waals surface area (Å²) >= 11 is 6.70. The van der Waals surface area contributed by atoms with Gasteiger partial charge in [0.25, 0.3) is 12.3 Å². The molecule has 2 heterocycles. The summed E-state index contributed by atoms with van der Waals surface area (Å²) in [5.41, 5.74) is -2.85. The highest BCUT2D eigenvalue weighted by Gasteiger charge is 2.44. The van der Waals surface area contributed by atoms with Gasteiger partial charge in [-0.3, -0.25) is 19.7 Å². The molecule has 1 atom stereocenters. The van der Waals surface area contributed by atoms with Crippen LogP contribution in [0.2, 0.25) is 5.02 Å². The van der Waals surface area contributed by atoms with Crippen molar-refractivity contribution < 1.29 is 41.0 Å². The fourth-order valence-corrected chi connectivity index (χ4v) is 6.86. The smallest absolute Gasteiger partial charge is 0.287 e. The lowest BCUT2D eigenvalue weighted by Gasteiger charge is -2.23. The van der Waals surface area contributed by atoms with Gasteiger partial charge < -0.3 is 26.4 Å². The molecular formula is C40H39ClF6N8O3. The lowest BCUT2D eigenvalue weighted by Crippen LogP contribution is -2.40. The predicted molar refractivity (Wildman–Crippen MR) is 206 cm³/mol. The first-order chi connectivity index (χ1) is 27.3. The van der Waals surface area contributed by atoms with Crippen LogP contribution in [0.15, 0.2) is 53.7 Å². The van der Waals surface area contributed by atoms with Crippen molar-refractivity contribution in [2.45, 2.75) is 76.0 Å². The Hall–Kier alpha value is -5.44. The van der Waals surface area contributed by atoms with Gasteiger partial charge in [0.1, 0.15) is 28.6 Å². The number of anilines is 1. The molecule has 0 aliphatic heterocycles. The van der Waals surface area contributed by atoms with Crippen LogP contribution in [0, 0.1) is 28.9 Å². The summed E-state index contributed by atoms with van der Waals surface area (Å²) < 4.78 is 87.0. The molecule has 18 heteroatoms. The SMILES string of the molecule is Cn1nc(NC(=O)CNC2CC2)c2c(Cl)ccc(-c3ccc(C#CC(C)(C)O)nc3C(Cc3cc(F)cc(F)c3)NC(=O)CNC3=C(C(=N)C(F)F)CCC3(F)F)c21. The molecule has 2 aromatic heterocycles. The van der Waals surface area contributed by atoms with Crippen LogP contribution in [0.5, 0.6) is 0 Å². The molecule has 1 unspecified atom stereocenters. The Labute approximate surface area is 334 Å². The number of benzene rings is 2. The van der Waals surface area contributed by atoms with Crippen LogP contribution in [0.25, 0.3) is 22.0 Å². The summed E-state index contributed by atoms with van der Waals surface area (Å²) in [6.07, 6.45) is -3.03. The normalized spacial score (nSPS) is 15.7. The number of fused-ring (bicyclic) bond motifs is 1. The number of aliphatic hydroxyl groups is 1. The number of hydrogen-bond donors (Lipinski definition) is 6. The topological polar surface area (TPSA) is 157 Å². The molecule has 1 saturated carbocycles. The summed E-state index contributed by atoms with van der Waals surface area (Å²) in [4.78, 5) is 31.3. The Kier molecular flexibility index (Phi) is 12.2. The lowest BCUT2D eigenvalue weighted by molar-refractivity contribution is -0.121. The number of nitrogens with zero attached hydrogens (tertiary/aromatic N) is 3. The fourth-order valence-electron chi connectivity index (χ4n) is 6.62. The zero-order valence-electron chi connectivity index (χ0n) is 31.5. The number of rotatable bonds is 14. The number of alkyl halides is 4. The molecule has 6 N–H and O–H groups in total. The summed E-state index contributed by atoms with van der Waals surface area (Å²) in [6.45, 7) is 2.08. The Bertz CT molecular complexity index is 2360. The zero-order chi connectivity index (χ0) is 42.1. The van der Waals surface area contributed by atoms with Crippen molar-refractivity contribution in [3.8, 4) is 23.0 Å². The molecule has 0 spiro atoms. The lowest BCUT2D eigenvalue weighted by atomic mass is 9.93. The zero-order valence-corrected chi connectivity index (χ0v) is 32.2. The highest BCUT2D eigenvalue weighted by Crippen LogP contribution is 2.41. The second kappa shape index (κ2) is 16.8. The molecule has 11 nitrogen and oxygen atoms in total. The van der Waals surface area contributed by atoms with Crippen molar-refractivity contribution in [2.75, 3.05) is 18.4 Å². The van der Waals surface area contributed by atoms with E-state index in [1.165, 1.54) is 24.6 Å². The number of carbonyl (C=O) groups is 2. The summed E-state index contributed by atoms with van der Waals surface area (Å²) in [7, 11) is 1.62. The number of amides is 2. The van der Waals surface area contributed by atoms with E-state index in [1.54, 1.807) is 25.2 Å². The number of allylic oxidation sites excluding steroid dienone is 2. The van der Waals surface area contributed by atoms with Crippen LogP contribution in [-0.4, -0.2) is 74.5 Å². The van der Waals surface area contributed by atoms with Crippen LogP contribution in [0.1, 0.15) is 62.5 Å². The van der Waals surface area contributed by atoms with E-state index in [9.17, 15) is 41.0 Å². The van der Waals surface area contributed by atoms with Crippen molar-refractivity contribution in [1.29, 1.82) is 5.41 Å². The molecule has 2 amide bonds. The van der Waals surface area contributed by atoms with E-state index in [-0.39, 0.29) is 52.7 Å². The Balaban J connectivity index is 1.45. The van der Waals surface area contributed by atoms with Gasteiger partial charge >= 0.3 is 0 Å². The third kappa shape index (κ3) is 9.98. The van der Waals surface area contributed by atoms with Crippen LogP contribution in [0.3, 0.4) is 0 Å². The fraction of sp³-hybridized carbons (Fsp3) is 0.375. The molecule has 0 radical (unpaired) electrons. The van der Waals surface area contributed by atoms with E-state index in [1.807, 2.05) is 0 Å². The van der Waals surface area contributed by atoms with Gasteiger partial charge in [-0.25, -0.2) is 22.5 Å². The van der Waals surface area contributed by atoms with E-state index < -0.39 is 77.9 Å². The number of aryl methyl sites for hydroxylation is 1. The predicted octanol–water partition coefficient (Wildman–Crippen LogP) is 6.34. The van der Waals surface area contributed by atoms with Gasteiger partial charge in [0, 0.05) is 42.3 Å². The van der Waals surface area contributed by atoms with Crippen molar-refractivity contribution >= 4 is 45.8 Å². The molecule has 2 aliphatic carbocycles. The molecule has 6 rings (SSSR count). The Morgan fingerprint density at radius 2 is 1.76 bits per heavy atom. The number of nitrogens with one attached hydrogen (secondary N) is 5. The van der Waals surface area contributed by atoms with E-state index in [2.05, 4.69) is 38.2 Å². The molecule has 0 saturated heterocycles. The monoisotopic (exact) mass is 828 g/mol. The largest absolute Gasteiger partial charge is 0.378 e. The number of aromatic nitrogens is 3. The molecular weight excluding hydrogens is 790 g/mol. The summed E-state index contributed by atoms with van der Waals surface area (Å²) in [6, 6.07) is 8.11. The third-order valence-corrected chi connectivity index (χ3v) is 9.70. The van der Waals surface area contributed by atoms with E-state index >= 15 is 0 Å². The van der Waals surface area contributed by atoms with Gasteiger partial charge in [-0.05, 0) is 81.3 Å². The molecule has 58 heavy (non-hydrogen) atoms. The first kappa shape index (κ1) is 42.2. The summed E-state index contributed by atoms with van der Waals surface area (Å²) in [5, 5.41) is 34.0. The van der Waals surface area contributed by atoms with Gasteiger partial charge in [0.15, 0.2) is 5.82 Å². The van der Waals surface area contributed by atoms with Crippen molar-refractivity contribution in [3.05, 3.63) is 87.3 Å². The quantitative estimate of drug-likeness (QED) is 0.0493. The van der Waals surface area contributed by atoms with Crippen molar-refractivity contribution in [3.63, 3.8) is 0 Å². The highest BCUT2D eigenvalue weighted by atomic mass is 35.5. The standard InChI is InChI=1S/C40H39ClF6N8O3/c1-39(2,58)12-10-24-6-7-25(26-8-9-28(41)32-35(26)55(3)54-38(32)53-31(57)18-49-23-4-5-23)34(51-24)29(16-20-14-21(42)17-22(43)15-20)52-30(56)19-50-36-27(33(48)37(44)45)11-13-40(36,46)47/h6-9,14-15,17,23,29,37,48-50,58H,4-5,11,13,16,18-19H2,1-3H3,(H,52,56)(H,53,54,57). The minimum atomic E-state index is -3.62. The van der Waals surface area contributed by atoms with Gasteiger partial charge in [-0.1, -0.05) is 23.6 Å². The van der Waals surface area contributed by atoms with Crippen LogP contribution in [-0.2, 0) is 23.1 Å². The van der Waals surface area contributed by atoms with E-state index in [0.29, 0.717) is 28.1 Å². The molecule has 306 valence electrons. The second-order valence-electron chi connectivity index (χ2n) is 14.7. The third-order valence-electron chi connectivity index (χ3n) is 9.39. The molecule has 1 fully saturated rings. The molecule has 0 bridgehead atoms. The van der Waals surface area contributed by atoms with Gasteiger partial charge in [-0.2, -0.15) is 13.9 Å². The van der Waals surface area contributed by atoms with Gasteiger partial charge in [-0.15, -0.1) is 0 Å². The maximum absolute atomic E-state index is 14.9. The first-order valence-electron chi connectivity index (χ1n) is 18.2. The van der Waals surface area contributed by atoms with Gasteiger partial charge in [0.05, 0.1) is 46.4 Å². The maximum Gasteiger partial charge on any atom is 0.287 e. The van der Waals surface area contributed by atoms with Crippen LogP contribution in [0.4, 0.5) is 32.2 Å². The van der Waals surface area contributed by atoms with Crippen molar-refractivity contribution in [1.82, 2.24) is 30.7 Å². The van der Waals surface area contributed by atoms with E-state index in [0.717, 1.165) is 25.0 Å². The highest BCUT2D eigenvalue weighted by molar-refractivity contribution is 6.37. The van der Waals surface area contributed by atoms with Crippen molar-refractivity contribution in [2.24, 2.45) is 7.05 Å². The Morgan fingerprint density at radius 1 is 1.07 bits per heavy atom. The summed E-state index contributed by atoms with van der Waals surface area (Å²) in [5.74, 6) is -1.14. The van der Waals surface area contributed by atoms with Gasteiger partial charge in [0.2, 0.25) is 11.8 Å². The number of halogens is 7. The average molecular weight is 829 g/mol. The van der Waals surface area contributed by atoms with Crippen LogP contribution >= 0.6 is 11.6 Å². The van der Waals surface area contributed by atoms with E-state index in [4.69, 9.17) is 22.0 Å². The average Bonchev–Trinajstić information content (AvgIpc) is 3.84. The van der Waals surface area contributed by atoms with Crippen LogP contribution < -0.4 is 21.3 Å². The molecule has 2 aromatic carbocycles. The number of pyridine rings is 1. The Morgan fingerprint density at radius 3 is 2.41 bits per heavy atom.